The summed E-state index contributed by atoms with van der Waals surface area (Å²) in [7, 11) is 0. The van der Waals surface area contributed by atoms with Crippen molar-refractivity contribution in [2.24, 2.45) is 0 Å². The molecule has 0 aliphatic carbocycles. The van der Waals surface area contributed by atoms with Crippen molar-refractivity contribution < 1.29 is 58.6 Å². The average Bonchev–Trinajstić information content (AvgIpc) is 3.05. The number of carbonyl (C=O) groups is 4. The summed E-state index contributed by atoms with van der Waals surface area (Å²) in [5.74, 6) is -1.89. The average molecular weight is 865 g/mol. The lowest BCUT2D eigenvalue weighted by Crippen LogP contribution is -2.48. The van der Waals surface area contributed by atoms with E-state index in [1.807, 2.05) is 9.80 Å². The van der Waals surface area contributed by atoms with Crippen LogP contribution in [0.1, 0.15) is 83.1 Å². The summed E-state index contributed by atoms with van der Waals surface area (Å²) < 4.78 is 22.3. The van der Waals surface area contributed by atoms with Crippen LogP contribution >= 0.6 is 0 Å². The van der Waals surface area contributed by atoms with Crippen molar-refractivity contribution in [2.75, 3.05) is 144 Å². The van der Waals surface area contributed by atoms with Gasteiger partial charge in [-0.3, -0.25) is 48.6 Å². The first-order chi connectivity index (χ1) is 27.7. The molecule has 4 N–H and O–H groups in total. The van der Waals surface area contributed by atoms with Crippen LogP contribution in [0.5, 0.6) is 0 Å². The number of ether oxygens (including phenoxy) is 4. The van der Waals surface area contributed by atoms with E-state index in [0.717, 1.165) is 0 Å². The first kappa shape index (κ1) is 57.5. The molecule has 0 bridgehead atoms. The molecule has 0 heterocycles. The van der Waals surface area contributed by atoms with Crippen LogP contribution in [-0.2, 0) is 38.1 Å². The summed E-state index contributed by atoms with van der Waals surface area (Å²) in [5, 5.41) is 38.7. The Labute approximate surface area is 361 Å². The fourth-order valence-electron chi connectivity index (χ4n) is 5.97. The summed E-state index contributed by atoms with van der Waals surface area (Å²) in [6.45, 7) is 26.7. The van der Waals surface area contributed by atoms with E-state index in [-0.39, 0.29) is 52.6 Å². The van der Waals surface area contributed by atoms with E-state index in [1.165, 1.54) is 0 Å². The van der Waals surface area contributed by atoms with Crippen LogP contribution < -0.4 is 0 Å². The zero-order valence-corrected chi connectivity index (χ0v) is 39.3. The molecule has 354 valence electrons. The Kier molecular flexibility index (Phi) is 27.7. The third-order valence-corrected chi connectivity index (χ3v) is 8.42. The third kappa shape index (κ3) is 33.1. The van der Waals surface area contributed by atoms with Gasteiger partial charge < -0.3 is 39.4 Å². The van der Waals surface area contributed by atoms with Crippen molar-refractivity contribution in [1.29, 1.82) is 0 Å². The maximum absolute atomic E-state index is 13.0. The van der Waals surface area contributed by atoms with Gasteiger partial charge in [0.2, 0.25) is 0 Å². The largest absolute Gasteiger partial charge is 0.459 e. The first-order valence-electron chi connectivity index (χ1n) is 21.3. The molecule has 18 nitrogen and oxygen atoms in total. The van der Waals surface area contributed by atoms with Crippen LogP contribution in [0.3, 0.4) is 0 Å². The Morgan fingerprint density at radius 3 is 0.600 bits per heavy atom. The molecule has 0 unspecified atom stereocenters. The lowest BCUT2D eigenvalue weighted by atomic mass is 10.2. The summed E-state index contributed by atoms with van der Waals surface area (Å²) in [6.07, 6.45) is 0. The first-order valence-corrected chi connectivity index (χ1v) is 21.3. The van der Waals surface area contributed by atoms with E-state index in [0.29, 0.717) is 91.6 Å². The molecule has 0 aromatic carbocycles. The molecular formula is C42H84N6O12. The highest BCUT2D eigenvalue weighted by atomic mass is 16.6. The number of hydrogen-bond acceptors (Lipinski definition) is 18. The lowest BCUT2D eigenvalue weighted by Gasteiger charge is -2.33. The SMILES string of the molecule is CC(C)(C)OC(=O)CN(CCN(CCN(CCO)CCO)CCN(CCN(CCO)CCO)CCN(CC(=O)OC(C)(C)C)CC(=O)OC(C)(C)C)CC(=O)OC(C)(C)C. The monoisotopic (exact) mass is 865 g/mol. The molecule has 0 aromatic heterocycles. The van der Waals surface area contributed by atoms with Crippen molar-refractivity contribution in [2.45, 2.75) is 105 Å². The zero-order chi connectivity index (χ0) is 46.2. The number of rotatable bonds is 31. The van der Waals surface area contributed by atoms with E-state index in [1.54, 1.807) is 92.9 Å². The van der Waals surface area contributed by atoms with Gasteiger partial charge in [-0.15, -0.1) is 0 Å². The topological polar surface area (TPSA) is 206 Å². The Morgan fingerprint density at radius 1 is 0.300 bits per heavy atom. The predicted octanol–water partition coefficient (Wildman–Crippen LogP) is 0.134. The smallest absolute Gasteiger partial charge is 0.320 e. The van der Waals surface area contributed by atoms with Crippen LogP contribution in [0.2, 0.25) is 0 Å². The van der Waals surface area contributed by atoms with Crippen LogP contribution in [0, 0.1) is 0 Å². The second-order valence-corrected chi connectivity index (χ2v) is 19.0. The second kappa shape index (κ2) is 29.0. The molecule has 0 saturated carbocycles. The maximum Gasteiger partial charge on any atom is 0.320 e. The Morgan fingerprint density at radius 2 is 0.450 bits per heavy atom. The molecule has 0 radical (unpaired) electrons. The number of aliphatic hydroxyl groups excluding tert-OH is 4. The normalized spacial score (nSPS) is 13.0. The molecule has 60 heavy (non-hydrogen) atoms. The highest BCUT2D eigenvalue weighted by molar-refractivity contribution is 5.76. The Hall–Kier alpha value is -2.52. The number of nitrogens with zero attached hydrogens (tertiary/aromatic N) is 6. The van der Waals surface area contributed by atoms with Gasteiger partial charge in [0.15, 0.2) is 0 Å². The molecule has 0 rings (SSSR count). The highest BCUT2D eigenvalue weighted by Crippen LogP contribution is 2.12. The van der Waals surface area contributed by atoms with Crippen molar-refractivity contribution >= 4 is 23.9 Å². The van der Waals surface area contributed by atoms with E-state index < -0.39 is 46.3 Å². The minimum Gasteiger partial charge on any atom is -0.459 e. The van der Waals surface area contributed by atoms with Crippen molar-refractivity contribution in [3.63, 3.8) is 0 Å². The molecule has 0 fully saturated rings. The number of esters is 4. The number of hydrogen-bond donors (Lipinski definition) is 4. The standard InChI is InChI=1S/C42H84N6O12/c1-39(2,3)57-35(53)31-47(32-36(54)58-40(4,5)6)21-19-43(15-17-45(23-27-49)24-28-50)13-14-44(16-18-46(25-29-51)26-30-52)20-22-48(33-37(55)59-41(7,8)9)34-38(56)60-42(10,11)12/h49-52H,13-34H2,1-12H3. The summed E-state index contributed by atoms with van der Waals surface area (Å²) >= 11 is 0. The molecule has 0 saturated heterocycles. The van der Waals surface area contributed by atoms with Crippen molar-refractivity contribution in [3.8, 4) is 0 Å². The van der Waals surface area contributed by atoms with Crippen LogP contribution in [0.15, 0.2) is 0 Å². The molecule has 0 aliphatic heterocycles. The molecule has 0 aromatic rings. The van der Waals surface area contributed by atoms with Crippen LogP contribution in [0.4, 0.5) is 0 Å². The summed E-state index contributed by atoms with van der Waals surface area (Å²) in [5.41, 5.74) is -2.86. The minimum absolute atomic E-state index is 0.0748. The van der Waals surface area contributed by atoms with Gasteiger partial charge in [0.1, 0.15) is 22.4 Å². The maximum atomic E-state index is 13.0. The van der Waals surface area contributed by atoms with Gasteiger partial charge in [-0.05, 0) is 83.1 Å². The van der Waals surface area contributed by atoms with Gasteiger partial charge >= 0.3 is 23.9 Å². The van der Waals surface area contributed by atoms with Gasteiger partial charge in [-0.2, -0.15) is 0 Å². The Balaban J connectivity index is 6.55. The van der Waals surface area contributed by atoms with Gasteiger partial charge in [0.05, 0.1) is 52.6 Å². The van der Waals surface area contributed by atoms with E-state index in [2.05, 4.69) is 9.80 Å². The lowest BCUT2D eigenvalue weighted by molar-refractivity contribution is -0.162. The molecule has 0 spiro atoms. The molecular weight excluding hydrogens is 780 g/mol. The second-order valence-electron chi connectivity index (χ2n) is 19.0. The quantitative estimate of drug-likeness (QED) is 0.0540. The van der Waals surface area contributed by atoms with Gasteiger partial charge in [0, 0.05) is 91.6 Å². The predicted molar refractivity (Wildman–Crippen MR) is 230 cm³/mol. The van der Waals surface area contributed by atoms with Crippen LogP contribution in [0.25, 0.3) is 0 Å². The summed E-state index contributed by atoms with van der Waals surface area (Å²) in [4.78, 5) is 63.6. The zero-order valence-electron chi connectivity index (χ0n) is 39.3. The third-order valence-electron chi connectivity index (χ3n) is 8.42. The van der Waals surface area contributed by atoms with Crippen molar-refractivity contribution in [3.05, 3.63) is 0 Å². The fourth-order valence-corrected chi connectivity index (χ4v) is 5.97. The number of aliphatic hydroxyl groups is 4. The van der Waals surface area contributed by atoms with Crippen molar-refractivity contribution in [1.82, 2.24) is 29.4 Å². The van der Waals surface area contributed by atoms with E-state index >= 15 is 0 Å². The molecule has 0 atom stereocenters. The minimum atomic E-state index is -0.716. The Bertz CT molecular complexity index is 1050. The van der Waals surface area contributed by atoms with Gasteiger partial charge in [-0.1, -0.05) is 0 Å². The van der Waals surface area contributed by atoms with Gasteiger partial charge in [0.25, 0.3) is 0 Å². The highest BCUT2D eigenvalue weighted by Gasteiger charge is 2.26. The molecule has 0 amide bonds. The van der Waals surface area contributed by atoms with E-state index in [9.17, 15) is 39.6 Å². The molecule has 0 aliphatic rings. The van der Waals surface area contributed by atoms with Gasteiger partial charge in [-0.25, -0.2) is 0 Å². The van der Waals surface area contributed by atoms with Crippen LogP contribution in [-0.4, -0.2) is 240 Å². The number of carbonyl (C=O) groups excluding carboxylic acids is 4. The fraction of sp³-hybridized carbons (Fsp3) is 0.905. The summed E-state index contributed by atoms with van der Waals surface area (Å²) in [6, 6.07) is 0. The molecule has 18 heteroatoms. The van der Waals surface area contributed by atoms with E-state index in [4.69, 9.17) is 18.9 Å².